The van der Waals surface area contributed by atoms with E-state index in [2.05, 4.69) is 27.0 Å². The van der Waals surface area contributed by atoms with Crippen LogP contribution in [-0.4, -0.2) is 70.9 Å². The fraction of sp³-hybridized carbons (Fsp3) is 0.409. The molecule has 9 heteroatoms. The van der Waals surface area contributed by atoms with E-state index >= 15 is 0 Å². The summed E-state index contributed by atoms with van der Waals surface area (Å²) in [6.45, 7) is 6.66. The Kier molecular flexibility index (Phi) is 6.64. The molecular weight excluding hydrogens is 414 g/mol. The molecule has 31 heavy (non-hydrogen) atoms. The Morgan fingerprint density at radius 2 is 1.90 bits per heavy atom. The molecule has 0 radical (unpaired) electrons. The number of ether oxygens (including phenoxy) is 1. The number of methoxy groups -OCH3 is 1. The molecular formula is C22H27N5O3S. The first-order chi connectivity index (χ1) is 15.1. The van der Waals surface area contributed by atoms with E-state index in [9.17, 15) is 9.59 Å². The van der Waals surface area contributed by atoms with Gasteiger partial charge in [-0.25, -0.2) is 9.78 Å². The van der Waals surface area contributed by atoms with Gasteiger partial charge in [0.1, 0.15) is 4.88 Å². The monoisotopic (exact) mass is 441 g/mol. The Balaban J connectivity index is 1.29. The zero-order chi connectivity index (χ0) is 21.8. The van der Waals surface area contributed by atoms with E-state index < -0.39 is 0 Å². The fourth-order valence-corrected chi connectivity index (χ4v) is 4.72. The molecule has 164 valence electrons. The molecule has 1 fully saturated rings. The molecule has 0 saturated carbocycles. The highest BCUT2D eigenvalue weighted by atomic mass is 32.1. The number of thiazole rings is 1. The molecule has 1 aliphatic rings. The van der Waals surface area contributed by atoms with Crippen molar-refractivity contribution in [2.24, 2.45) is 0 Å². The topological polar surface area (TPSA) is 79.2 Å². The Labute approximate surface area is 185 Å². The summed E-state index contributed by atoms with van der Waals surface area (Å²) in [5, 5.41) is 3.05. The Morgan fingerprint density at radius 3 is 2.65 bits per heavy atom. The predicted octanol–water partition coefficient (Wildman–Crippen LogP) is 2.50. The summed E-state index contributed by atoms with van der Waals surface area (Å²) < 4.78 is 6.76. The molecule has 1 N–H and O–H groups in total. The Morgan fingerprint density at radius 1 is 1.16 bits per heavy atom. The van der Waals surface area contributed by atoms with Gasteiger partial charge in [-0.1, -0.05) is 36.5 Å². The summed E-state index contributed by atoms with van der Waals surface area (Å²) in [4.78, 5) is 34.5. The van der Waals surface area contributed by atoms with Gasteiger partial charge in [-0.2, -0.15) is 0 Å². The first kappa shape index (κ1) is 21.5. The highest BCUT2D eigenvalue weighted by Gasteiger charge is 2.21. The number of nitrogens with one attached hydrogen (secondary N) is 1. The van der Waals surface area contributed by atoms with Crippen molar-refractivity contribution in [1.29, 1.82) is 0 Å². The number of esters is 1. The van der Waals surface area contributed by atoms with Crippen LogP contribution in [0.3, 0.4) is 0 Å². The van der Waals surface area contributed by atoms with Crippen molar-refractivity contribution in [3.8, 4) is 0 Å². The molecule has 0 aliphatic carbocycles. The number of aromatic nitrogens is 2. The van der Waals surface area contributed by atoms with Gasteiger partial charge in [0.15, 0.2) is 4.96 Å². The molecule has 3 aromatic rings. The van der Waals surface area contributed by atoms with Crippen molar-refractivity contribution in [3.05, 3.63) is 52.8 Å². The second-order valence-electron chi connectivity index (χ2n) is 7.60. The second kappa shape index (κ2) is 9.59. The smallest absolute Gasteiger partial charge is 0.349 e. The Hall–Kier alpha value is -2.75. The van der Waals surface area contributed by atoms with Crippen LogP contribution in [0.5, 0.6) is 0 Å². The van der Waals surface area contributed by atoms with Crippen molar-refractivity contribution >= 4 is 33.9 Å². The molecule has 1 aromatic carbocycles. The quantitative estimate of drug-likeness (QED) is 0.568. The highest BCUT2D eigenvalue weighted by molar-refractivity contribution is 7.18. The molecule has 2 aromatic heterocycles. The zero-order valence-electron chi connectivity index (χ0n) is 17.8. The van der Waals surface area contributed by atoms with Gasteiger partial charge in [-0.05, 0) is 18.1 Å². The van der Waals surface area contributed by atoms with Gasteiger partial charge in [0.25, 0.3) is 0 Å². The SMILES string of the molecule is CCc1ccccc1NC(=O)CN1CCN(Cc2cnc3sc(C(=O)OC)cn23)CC1. The number of rotatable bonds is 7. The van der Waals surface area contributed by atoms with Crippen LogP contribution in [0.1, 0.15) is 27.9 Å². The maximum absolute atomic E-state index is 12.5. The average molecular weight is 442 g/mol. The second-order valence-corrected chi connectivity index (χ2v) is 8.61. The first-order valence-corrected chi connectivity index (χ1v) is 11.3. The van der Waals surface area contributed by atoms with E-state index in [-0.39, 0.29) is 11.9 Å². The third kappa shape index (κ3) is 4.95. The number of amides is 1. The van der Waals surface area contributed by atoms with Crippen LogP contribution in [0.4, 0.5) is 5.69 Å². The number of carbonyl (C=O) groups excluding carboxylic acids is 2. The van der Waals surface area contributed by atoms with Gasteiger partial charge in [-0.3, -0.25) is 19.0 Å². The lowest BCUT2D eigenvalue weighted by atomic mass is 10.1. The van der Waals surface area contributed by atoms with Crippen LogP contribution in [0.25, 0.3) is 4.96 Å². The number of imidazole rings is 1. The van der Waals surface area contributed by atoms with Crippen LogP contribution < -0.4 is 5.32 Å². The summed E-state index contributed by atoms with van der Waals surface area (Å²) in [7, 11) is 1.38. The third-order valence-electron chi connectivity index (χ3n) is 5.56. The Bertz CT molecular complexity index is 1070. The number of para-hydroxylation sites is 1. The van der Waals surface area contributed by atoms with Gasteiger partial charge in [0.2, 0.25) is 5.91 Å². The van der Waals surface area contributed by atoms with Crippen LogP contribution in [0.15, 0.2) is 36.7 Å². The van der Waals surface area contributed by atoms with Gasteiger partial charge < -0.3 is 10.1 Å². The number of carbonyl (C=O) groups is 2. The lowest BCUT2D eigenvalue weighted by Gasteiger charge is -2.34. The summed E-state index contributed by atoms with van der Waals surface area (Å²) in [5.41, 5.74) is 3.10. The van der Waals surface area contributed by atoms with Gasteiger partial charge in [-0.15, -0.1) is 0 Å². The largest absolute Gasteiger partial charge is 0.465 e. The number of piperazine rings is 1. The molecule has 8 nitrogen and oxygen atoms in total. The summed E-state index contributed by atoms with van der Waals surface area (Å²) in [6, 6.07) is 7.94. The van der Waals surface area contributed by atoms with Crippen molar-refractivity contribution < 1.29 is 14.3 Å². The van der Waals surface area contributed by atoms with Crippen molar-refractivity contribution in [2.75, 3.05) is 45.2 Å². The molecule has 0 atom stereocenters. The van der Waals surface area contributed by atoms with E-state index in [1.54, 1.807) is 6.20 Å². The third-order valence-corrected chi connectivity index (χ3v) is 6.54. The number of hydrogen-bond acceptors (Lipinski definition) is 7. The zero-order valence-corrected chi connectivity index (χ0v) is 18.7. The normalized spacial score (nSPS) is 15.3. The van der Waals surface area contributed by atoms with E-state index in [0.29, 0.717) is 11.4 Å². The molecule has 1 amide bonds. The molecule has 3 heterocycles. The van der Waals surface area contributed by atoms with Crippen molar-refractivity contribution in [2.45, 2.75) is 19.9 Å². The predicted molar refractivity (Wildman–Crippen MR) is 121 cm³/mol. The minimum absolute atomic E-state index is 0.0282. The summed E-state index contributed by atoms with van der Waals surface area (Å²) >= 11 is 1.33. The van der Waals surface area contributed by atoms with E-state index in [1.165, 1.54) is 18.4 Å². The molecule has 0 spiro atoms. The minimum atomic E-state index is -0.338. The number of hydrogen-bond donors (Lipinski definition) is 1. The van der Waals surface area contributed by atoms with Crippen LogP contribution in [-0.2, 0) is 22.5 Å². The molecule has 4 rings (SSSR count). The number of benzene rings is 1. The molecule has 0 unspecified atom stereocenters. The fourth-order valence-electron chi connectivity index (χ4n) is 3.82. The van der Waals surface area contributed by atoms with E-state index in [0.717, 1.165) is 61.1 Å². The highest BCUT2D eigenvalue weighted by Crippen LogP contribution is 2.21. The van der Waals surface area contributed by atoms with Crippen LogP contribution in [0, 0.1) is 0 Å². The number of anilines is 1. The number of aryl methyl sites for hydroxylation is 1. The van der Waals surface area contributed by atoms with Gasteiger partial charge >= 0.3 is 5.97 Å². The molecule has 1 saturated heterocycles. The summed E-state index contributed by atoms with van der Waals surface area (Å²) in [5.74, 6) is -0.310. The lowest BCUT2D eigenvalue weighted by molar-refractivity contribution is -0.117. The standard InChI is InChI=1S/C22H27N5O3S/c1-3-16-6-4-5-7-18(16)24-20(28)15-26-10-8-25(9-11-26)13-17-12-23-22-27(17)14-19(31-22)21(29)30-2/h4-7,12,14H,3,8-11,13,15H2,1-2H3,(H,24,28). The minimum Gasteiger partial charge on any atom is -0.465 e. The van der Waals surface area contributed by atoms with E-state index in [4.69, 9.17) is 4.74 Å². The number of fused-ring (bicyclic) bond motifs is 1. The maximum Gasteiger partial charge on any atom is 0.349 e. The van der Waals surface area contributed by atoms with Crippen LogP contribution in [0.2, 0.25) is 0 Å². The maximum atomic E-state index is 12.5. The van der Waals surface area contributed by atoms with Crippen molar-refractivity contribution in [3.63, 3.8) is 0 Å². The number of nitrogens with zero attached hydrogens (tertiary/aromatic N) is 4. The van der Waals surface area contributed by atoms with E-state index in [1.807, 2.05) is 34.9 Å². The molecule has 0 bridgehead atoms. The van der Waals surface area contributed by atoms with Crippen LogP contribution >= 0.6 is 11.3 Å². The van der Waals surface area contributed by atoms with Gasteiger partial charge in [0.05, 0.1) is 25.5 Å². The first-order valence-electron chi connectivity index (χ1n) is 10.4. The molecule has 1 aliphatic heterocycles. The average Bonchev–Trinajstić information content (AvgIpc) is 3.37. The summed E-state index contributed by atoms with van der Waals surface area (Å²) in [6.07, 6.45) is 4.54. The van der Waals surface area contributed by atoms with Gasteiger partial charge in [0, 0.05) is 44.6 Å². The van der Waals surface area contributed by atoms with Crippen molar-refractivity contribution in [1.82, 2.24) is 19.2 Å². The lowest BCUT2D eigenvalue weighted by Crippen LogP contribution is -2.48.